The molecule has 122 valence electrons. The van der Waals surface area contributed by atoms with Crippen LogP contribution in [0.15, 0.2) is 24.3 Å². The molecule has 1 rings (SSSR count). The standard InChI is InChI=1S/C15H18F3NO3/c1-9(7-10(2)14(21)22)8-11-3-5-12(6-4-11)13(20)19-15(16,17)18/h3-6,9-10H,7-8H2,1-2H3,(H,19,20)(H,21,22). The van der Waals surface area contributed by atoms with Crippen molar-refractivity contribution in [1.82, 2.24) is 5.32 Å². The first-order chi connectivity index (χ1) is 10.1. The average Bonchev–Trinajstić information content (AvgIpc) is 2.37. The van der Waals surface area contributed by atoms with E-state index in [0.29, 0.717) is 12.8 Å². The van der Waals surface area contributed by atoms with E-state index >= 15 is 0 Å². The second-order valence-corrected chi connectivity index (χ2v) is 5.43. The highest BCUT2D eigenvalue weighted by atomic mass is 19.4. The van der Waals surface area contributed by atoms with Crippen molar-refractivity contribution in [3.05, 3.63) is 35.4 Å². The number of halogens is 3. The maximum Gasteiger partial charge on any atom is 0.484 e. The summed E-state index contributed by atoms with van der Waals surface area (Å²) in [7, 11) is 0. The Bertz CT molecular complexity index is 526. The predicted molar refractivity (Wildman–Crippen MR) is 74.2 cm³/mol. The maximum atomic E-state index is 12.0. The topological polar surface area (TPSA) is 66.4 Å². The fourth-order valence-electron chi connectivity index (χ4n) is 2.18. The van der Waals surface area contributed by atoms with Crippen LogP contribution in [0.3, 0.4) is 0 Å². The first kappa shape index (κ1) is 18.0. The number of rotatable bonds is 6. The monoisotopic (exact) mass is 317 g/mol. The summed E-state index contributed by atoms with van der Waals surface area (Å²) >= 11 is 0. The highest BCUT2D eigenvalue weighted by molar-refractivity contribution is 5.94. The van der Waals surface area contributed by atoms with Crippen molar-refractivity contribution in [1.29, 1.82) is 0 Å². The number of alkyl halides is 3. The number of aliphatic carboxylic acids is 1. The summed E-state index contributed by atoms with van der Waals surface area (Å²) in [5.74, 6) is -2.40. The number of amides is 1. The van der Waals surface area contributed by atoms with Crippen LogP contribution >= 0.6 is 0 Å². The third-order valence-electron chi connectivity index (χ3n) is 3.23. The van der Waals surface area contributed by atoms with Gasteiger partial charge in [-0.3, -0.25) is 14.9 Å². The Labute approximate surface area is 126 Å². The van der Waals surface area contributed by atoms with Gasteiger partial charge in [-0.2, -0.15) is 13.2 Å². The van der Waals surface area contributed by atoms with Gasteiger partial charge in [-0.25, -0.2) is 0 Å². The summed E-state index contributed by atoms with van der Waals surface area (Å²) < 4.78 is 36.1. The lowest BCUT2D eigenvalue weighted by molar-refractivity contribution is -0.146. The molecule has 1 aromatic rings. The van der Waals surface area contributed by atoms with E-state index in [9.17, 15) is 22.8 Å². The highest BCUT2D eigenvalue weighted by Gasteiger charge is 2.30. The molecule has 0 saturated heterocycles. The molecular weight excluding hydrogens is 299 g/mol. The van der Waals surface area contributed by atoms with Gasteiger partial charge in [0.15, 0.2) is 0 Å². The van der Waals surface area contributed by atoms with E-state index in [1.807, 2.05) is 6.92 Å². The zero-order valence-corrected chi connectivity index (χ0v) is 12.3. The number of carbonyl (C=O) groups is 2. The zero-order valence-electron chi connectivity index (χ0n) is 12.3. The molecule has 0 bridgehead atoms. The zero-order chi connectivity index (χ0) is 16.9. The number of hydrogen-bond acceptors (Lipinski definition) is 2. The molecule has 0 aliphatic rings. The number of benzene rings is 1. The molecule has 1 amide bonds. The lowest BCUT2D eigenvalue weighted by Crippen LogP contribution is -2.37. The van der Waals surface area contributed by atoms with Gasteiger partial charge in [-0.1, -0.05) is 26.0 Å². The minimum atomic E-state index is -4.75. The van der Waals surface area contributed by atoms with Gasteiger partial charge in [0.1, 0.15) is 0 Å². The fourth-order valence-corrected chi connectivity index (χ4v) is 2.18. The maximum absolute atomic E-state index is 12.0. The van der Waals surface area contributed by atoms with Crippen molar-refractivity contribution < 1.29 is 27.9 Å². The fraction of sp³-hybridized carbons (Fsp3) is 0.467. The molecule has 2 N–H and O–H groups in total. The van der Waals surface area contributed by atoms with Crippen LogP contribution < -0.4 is 5.32 Å². The van der Waals surface area contributed by atoms with Gasteiger partial charge in [-0.15, -0.1) is 0 Å². The Morgan fingerprint density at radius 3 is 2.18 bits per heavy atom. The number of carbonyl (C=O) groups excluding carboxylic acids is 1. The van der Waals surface area contributed by atoms with E-state index in [4.69, 9.17) is 5.11 Å². The molecule has 0 fully saturated rings. The van der Waals surface area contributed by atoms with E-state index in [1.165, 1.54) is 12.1 Å². The largest absolute Gasteiger partial charge is 0.484 e. The van der Waals surface area contributed by atoms with E-state index in [1.54, 1.807) is 19.1 Å². The van der Waals surface area contributed by atoms with Crippen molar-refractivity contribution in [3.8, 4) is 0 Å². The molecule has 22 heavy (non-hydrogen) atoms. The molecule has 4 nitrogen and oxygen atoms in total. The number of nitrogens with one attached hydrogen (secondary N) is 1. The van der Waals surface area contributed by atoms with Gasteiger partial charge in [0.25, 0.3) is 5.91 Å². The molecule has 2 unspecified atom stereocenters. The Balaban J connectivity index is 2.61. The first-order valence-corrected chi connectivity index (χ1v) is 6.79. The smallest absolute Gasteiger partial charge is 0.481 e. The molecular formula is C15H18F3NO3. The van der Waals surface area contributed by atoms with Gasteiger partial charge >= 0.3 is 12.3 Å². The summed E-state index contributed by atoms with van der Waals surface area (Å²) in [6.07, 6.45) is -3.65. The van der Waals surface area contributed by atoms with Crippen LogP contribution in [0.5, 0.6) is 0 Å². The molecule has 0 aliphatic heterocycles. The van der Waals surface area contributed by atoms with Crippen LogP contribution in [0.2, 0.25) is 0 Å². The van der Waals surface area contributed by atoms with Crippen molar-refractivity contribution in [2.45, 2.75) is 33.0 Å². The van der Waals surface area contributed by atoms with Gasteiger partial charge < -0.3 is 5.11 Å². The third kappa shape index (κ3) is 6.15. The average molecular weight is 317 g/mol. The van der Waals surface area contributed by atoms with Gasteiger partial charge in [0.05, 0.1) is 5.92 Å². The molecule has 0 heterocycles. The highest BCUT2D eigenvalue weighted by Crippen LogP contribution is 2.18. The molecule has 7 heteroatoms. The van der Waals surface area contributed by atoms with Crippen molar-refractivity contribution in [3.63, 3.8) is 0 Å². The Hall–Kier alpha value is -2.05. The van der Waals surface area contributed by atoms with Gasteiger partial charge in [0, 0.05) is 5.56 Å². The molecule has 0 spiro atoms. The van der Waals surface area contributed by atoms with Crippen molar-refractivity contribution in [2.75, 3.05) is 0 Å². The van der Waals surface area contributed by atoms with Crippen LogP contribution in [0, 0.1) is 11.8 Å². The normalized spacial score (nSPS) is 14.2. The van der Waals surface area contributed by atoms with Gasteiger partial charge in [0.2, 0.25) is 0 Å². The quantitative estimate of drug-likeness (QED) is 0.792. The number of hydrogen-bond donors (Lipinski definition) is 2. The van der Waals surface area contributed by atoms with E-state index in [-0.39, 0.29) is 11.5 Å². The third-order valence-corrected chi connectivity index (χ3v) is 3.23. The molecule has 0 saturated carbocycles. The van der Waals surface area contributed by atoms with Crippen molar-refractivity contribution in [2.24, 2.45) is 11.8 Å². The van der Waals surface area contributed by atoms with Crippen LogP contribution in [-0.2, 0) is 11.2 Å². The van der Waals surface area contributed by atoms with E-state index in [2.05, 4.69) is 0 Å². The van der Waals surface area contributed by atoms with Crippen LogP contribution in [0.25, 0.3) is 0 Å². The first-order valence-electron chi connectivity index (χ1n) is 6.79. The number of carboxylic acids is 1. The molecule has 0 radical (unpaired) electrons. The summed E-state index contributed by atoms with van der Waals surface area (Å²) in [6.45, 7) is 3.53. The summed E-state index contributed by atoms with van der Waals surface area (Å²) in [6, 6.07) is 5.80. The second-order valence-electron chi connectivity index (χ2n) is 5.43. The molecule has 0 aliphatic carbocycles. The van der Waals surface area contributed by atoms with Crippen molar-refractivity contribution >= 4 is 11.9 Å². The Morgan fingerprint density at radius 2 is 1.73 bits per heavy atom. The minimum Gasteiger partial charge on any atom is -0.481 e. The number of carboxylic acid groups (broad SMARTS) is 1. The lowest BCUT2D eigenvalue weighted by Gasteiger charge is -2.14. The summed E-state index contributed by atoms with van der Waals surface area (Å²) in [4.78, 5) is 22.1. The van der Waals surface area contributed by atoms with E-state index in [0.717, 1.165) is 10.9 Å². The molecule has 1 aromatic carbocycles. The second kappa shape index (κ2) is 7.29. The van der Waals surface area contributed by atoms with Crippen LogP contribution in [0.1, 0.15) is 36.2 Å². The lowest BCUT2D eigenvalue weighted by atomic mass is 9.91. The van der Waals surface area contributed by atoms with E-state index < -0.39 is 24.1 Å². The SMILES string of the molecule is CC(Cc1ccc(C(=O)NC(F)(F)F)cc1)CC(C)C(=O)O. The molecule has 2 atom stereocenters. The molecule has 0 aromatic heterocycles. The van der Waals surface area contributed by atoms with Gasteiger partial charge in [-0.05, 0) is 36.5 Å². The minimum absolute atomic E-state index is 0.0763. The Kier molecular flexibility index (Phi) is 5.96. The predicted octanol–water partition coefficient (Wildman–Crippen LogP) is 3.23. The van der Waals surface area contributed by atoms with Crippen LogP contribution in [-0.4, -0.2) is 23.3 Å². The van der Waals surface area contributed by atoms with Crippen LogP contribution in [0.4, 0.5) is 13.2 Å². The summed E-state index contributed by atoms with van der Waals surface area (Å²) in [5.41, 5.74) is 0.765. The summed E-state index contributed by atoms with van der Waals surface area (Å²) in [5, 5.41) is 9.78. The Morgan fingerprint density at radius 1 is 1.18 bits per heavy atom.